The number of benzene rings is 1. The van der Waals surface area contributed by atoms with Crippen molar-refractivity contribution in [1.29, 1.82) is 0 Å². The average Bonchev–Trinajstić information content (AvgIpc) is 3.17. The van der Waals surface area contributed by atoms with E-state index in [1.165, 1.54) is 12.1 Å². The molecule has 2 N–H and O–H groups in total. The quantitative estimate of drug-likeness (QED) is 0.712. The van der Waals surface area contributed by atoms with Crippen LogP contribution in [0.1, 0.15) is 12.0 Å². The number of hydrogen-bond donors (Lipinski definition) is 2. The van der Waals surface area contributed by atoms with Crippen LogP contribution in [0.5, 0.6) is 0 Å². The van der Waals surface area contributed by atoms with Crippen molar-refractivity contribution in [2.45, 2.75) is 19.0 Å². The SMILES string of the molecule is CN(C)C1CCN(c2ccc(NCc3cc4ccc(F)cc4[nH]c3=O)nc2)C1. The first-order valence-electron chi connectivity index (χ1n) is 9.42. The highest BCUT2D eigenvalue weighted by atomic mass is 19.1. The second-order valence-corrected chi connectivity index (χ2v) is 7.46. The molecule has 0 amide bonds. The Morgan fingerprint density at radius 2 is 2.14 bits per heavy atom. The van der Waals surface area contributed by atoms with E-state index in [1.807, 2.05) is 12.3 Å². The summed E-state index contributed by atoms with van der Waals surface area (Å²) in [7, 11) is 4.23. The van der Waals surface area contributed by atoms with E-state index < -0.39 is 0 Å². The Labute approximate surface area is 163 Å². The Kier molecular flexibility index (Phi) is 5.00. The number of fused-ring (bicyclic) bond motifs is 1. The van der Waals surface area contributed by atoms with Crippen LogP contribution in [0.4, 0.5) is 15.9 Å². The van der Waals surface area contributed by atoms with Crippen molar-refractivity contribution in [3.05, 3.63) is 64.3 Å². The molecule has 1 aliphatic heterocycles. The van der Waals surface area contributed by atoms with Crippen molar-refractivity contribution in [3.8, 4) is 0 Å². The highest BCUT2D eigenvalue weighted by Gasteiger charge is 2.24. The van der Waals surface area contributed by atoms with Gasteiger partial charge in [0.25, 0.3) is 5.56 Å². The molecule has 2 aromatic heterocycles. The molecule has 3 heterocycles. The van der Waals surface area contributed by atoms with Crippen LogP contribution < -0.4 is 15.8 Å². The van der Waals surface area contributed by atoms with Crippen molar-refractivity contribution in [1.82, 2.24) is 14.9 Å². The molecule has 7 heteroatoms. The zero-order valence-corrected chi connectivity index (χ0v) is 16.1. The molecule has 0 aliphatic carbocycles. The minimum absolute atomic E-state index is 0.228. The fourth-order valence-corrected chi connectivity index (χ4v) is 3.61. The third-order valence-electron chi connectivity index (χ3n) is 5.35. The van der Waals surface area contributed by atoms with E-state index in [4.69, 9.17) is 0 Å². The average molecular weight is 381 g/mol. The van der Waals surface area contributed by atoms with Crippen LogP contribution in [0.3, 0.4) is 0 Å². The Morgan fingerprint density at radius 1 is 1.29 bits per heavy atom. The Hall–Kier alpha value is -2.93. The summed E-state index contributed by atoms with van der Waals surface area (Å²) in [5.41, 5.74) is 1.96. The van der Waals surface area contributed by atoms with Gasteiger partial charge < -0.3 is 20.1 Å². The number of H-pyrrole nitrogens is 1. The van der Waals surface area contributed by atoms with Crippen molar-refractivity contribution < 1.29 is 4.39 Å². The number of halogens is 1. The predicted molar refractivity (Wildman–Crippen MR) is 110 cm³/mol. The van der Waals surface area contributed by atoms with Gasteiger partial charge in [-0.3, -0.25) is 4.79 Å². The van der Waals surface area contributed by atoms with Gasteiger partial charge in [0.05, 0.1) is 17.4 Å². The maximum atomic E-state index is 13.3. The van der Waals surface area contributed by atoms with Crippen molar-refractivity contribution in [2.24, 2.45) is 0 Å². The second-order valence-electron chi connectivity index (χ2n) is 7.46. The number of pyridine rings is 2. The molecule has 0 spiro atoms. The summed E-state index contributed by atoms with van der Waals surface area (Å²) in [6, 6.07) is 10.7. The molecular formula is C21H24FN5O. The van der Waals surface area contributed by atoms with E-state index in [1.54, 1.807) is 12.1 Å². The standard InChI is InChI=1S/C21H24FN5O/c1-26(2)18-7-8-27(13-18)17-5-6-20(24-12-17)23-11-15-9-14-3-4-16(22)10-19(14)25-21(15)28/h3-6,9-10,12,18H,7-8,11,13H2,1-2H3,(H,23,24)(H,25,28). The topological polar surface area (TPSA) is 64.3 Å². The highest BCUT2D eigenvalue weighted by Crippen LogP contribution is 2.22. The van der Waals surface area contributed by atoms with E-state index >= 15 is 0 Å². The van der Waals surface area contributed by atoms with E-state index in [0.29, 0.717) is 29.5 Å². The molecule has 4 rings (SSSR count). The van der Waals surface area contributed by atoms with Crippen molar-refractivity contribution >= 4 is 22.4 Å². The van der Waals surface area contributed by atoms with Gasteiger partial charge in [-0.25, -0.2) is 9.37 Å². The van der Waals surface area contributed by atoms with E-state index in [-0.39, 0.29) is 11.4 Å². The van der Waals surface area contributed by atoms with Crippen LogP contribution in [0.15, 0.2) is 47.4 Å². The second kappa shape index (κ2) is 7.59. The first-order chi connectivity index (χ1) is 13.5. The molecule has 6 nitrogen and oxygen atoms in total. The van der Waals surface area contributed by atoms with Gasteiger partial charge in [-0.05, 0) is 62.3 Å². The highest BCUT2D eigenvalue weighted by molar-refractivity contribution is 5.78. The molecule has 28 heavy (non-hydrogen) atoms. The molecule has 3 aromatic rings. The summed E-state index contributed by atoms with van der Waals surface area (Å²) in [5, 5.41) is 3.99. The van der Waals surface area contributed by atoms with Crippen LogP contribution in [0.2, 0.25) is 0 Å². The number of likely N-dealkylation sites (N-methyl/N-ethyl adjacent to an activating group) is 1. The smallest absolute Gasteiger partial charge is 0.253 e. The summed E-state index contributed by atoms with van der Waals surface area (Å²) in [4.78, 5) is 24.0. The van der Waals surface area contributed by atoms with Gasteiger partial charge in [-0.15, -0.1) is 0 Å². The maximum Gasteiger partial charge on any atom is 0.253 e. The summed E-state index contributed by atoms with van der Waals surface area (Å²) < 4.78 is 13.3. The van der Waals surface area contributed by atoms with Crippen LogP contribution >= 0.6 is 0 Å². The van der Waals surface area contributed by atoms with Crippen molar-refractivity contribution in [3.63, 3.8) is 0 Å². The lowest BCUT2D eigenvalue weighted by atomic mass is 10.1. The molecule has 0 radical (unpaired) electrons. The zero-order chi connectivity index (χ0) is 19.7. The minimum atomic E-state index is -0.367. The van der Waals surface area contributed by atoms with Crippen LogP contribution in [0, 0.1) is 5.82 Å². The van der Waals surface area contributed by atoms with Gasteiger partial charge >= 0.3 is 0 Å². The van der Waals surface area contributed by atoms with Crippen LogP contribution in [-0.2, 0) is 6.54 Å². The monoisotopic (exact) mass is 381 g/mol. The van der Waals surface area contributed by atoms with Crippen LogP contribution in [-0.4, -0.2) is 48.1 Å². The Morgan fingerprint density at radius 3 is 2.86 bits per heavy atom. The number of anilines is 2. The normalized spacial score (nSPS) is 16.9. The third kappa shape index (κ3) is 3.84. The Bertz CT molecular complexity index is 1030. The number of rotatable bonds is 5. The number of nitrogens with zero attached hydrogens (tertiary/aromatic N) is 3. The lowest BCUT2D eigenvalue weighted by Gasteiger charge is -2.21. The third-order valence-corrected chi connectivity index (χ3v) is 5.35. The predicted octanol–water partition coefficient (Wildman–Crippen LogP) is 2.81. The minimum Gasteiger partial charge on any atom is -0.369 e. The Balaban J connectivity index is 1.43. The zero-order valence-electron chi connectivity index (χ0n) is 16.1. The van der Waals surface area contributed by atoms with Gasteiger partial charge in [0.1, 0.15) is 11.6 Å². The van der Waals surface area contributed by atoms with Gasteiger partial charge in [0.2, 0.25) is 0 Å². The van der Waals surface area contributed by atoms with Crippen LogP contribution in [0.25, 0.3) is 10.9 Å². The van der Waals surface area contributed by atoms with Gasteiger partial charge in [-0.1, -0.05) is 0 Å². The molecule has 0 saturated carbocycles. The molecule has 1 unspecified atom stereocenters. The largest absolute Gasteiger partial charge is 0.369 e. The van der Waals surface area contributed by atoms with E-state index in [2.05, 4.69) is 45.2 Å². The first-order valence-corrected chi connectivity index (χ1v) is 9.42. The molecule has 1 fully saturated rings. The van der Waals surface area contributed by atoms with Gasteiger partial charge in [0.15, 0.2) is 0 Å². The number of hydrogen-bond acceptors (Lipinski definition) is 5. The first kappa shape index (κ1) is 18.4. The maximum absolute atomic E-state index is 13.3. The lowest BCUT2D eigenvalue weighted by Crippen LogP contribution is -2.31. The molecule has 1 aliphatic rings. The van der Waals surface area contributed by atoms with Crippen molar-refractivity contribution in [2.75, 3.05) is 37.4 Å². The number of aromatic nitrogens is 2. The molecule has 1 aromatic carbocycles. The molecule has 1 saturated heterocycles. The molecular weight excluding hydrogens is 357 g/mol. The van der Waals surface area contributed by atoms with Gasteiger partial charge in [0, 0.05) is 31.2 Å². The summed E-state index contributed by atoms with van der Waals surface area (Å²) in [6.07, 6.45) is 3.02. The molecule has 0 bridgehead atoms. The summed E-state index contributed by atoms with van der Waals surface area (Å²) in [5.74, 6) is 0.346. The molecule has 1 atom stereocenters. The summed E-state index contributed by atoms with van der Waals surface area (Å²) >= 11 is 0. The lowest BCUT2D eigenvalue weighted by molar-refractivity contribution is 0.315. The number of nitrogens with one attached hydrogen (secondary N) is 2. The molecule has 146 valence electrons. The fraction of sp³-hybridized carbons (Fsp3) is 0.333. The van der Waals surface area contributed by atoms with E-state index in [9.17, 15) is 9.18 Å². The summed E-state index contributed by atoms with van der Waals surface area (Å²) in [6.45, 7) is 2.39. The fourth-order valence-electron chi connectivity index (χ4n) is 3.61. The number of aromatic amines is 1. The van der Waals surface area contributed by atoms with Gasteiger partial charge in [-0.2, -0.15) is 0 Å². The van der Waals surface area contributed by atoms with E-state index in [0.717, 1.165) is 30.6 Å².